The van der Waals surface area contributed by atoms with Crippen LogP contribution in [-0.4, -0.2) is 16.6 Å². The summed E-state index contributed by atoms with van der Waals surface area (Å²) in [7, 11) is 0. The van der Waals surface area contributed by atoms with Crippen molar-refractivity contribution in [2.24, 2.45) is 11.8 Å². The highest BCUT2D eigenvalue weighted by molar-refractivity contribution is 5.75. The number of rotatable bonds is 5. The Morgan fingerprint density at radius 2 is 2.12 bits per heavy atom. The van der Waals surface area contributed by atoms with Gasteiger partial charge in [0.1, 0.15) is 5.39 Å². The first kappa shape index (κ1) is 15.0. The van der Waals surface area contributed by atoms with Gasteiger partial charge in [-0.3, -0.25) is 9.78 Å². The molecule has 0 atom stereocenters. The Kier molecular flexibility index (Phi) is 3.85. The Bertz CT molecular complexity index is 939. The zero-order valence-corrected chi connectivity index (χ0v) is 13.3. The summed E-state index contributed by atoms with van der Waals surface area (Å²) in [4.78, 5) is 30.8. The van der Waals surface area contributed by atoms with Gasteiger partial charge in [0, 0.05) is 12.0 Å². The Hall–Kier alpha value is -2.55. The van der Waals surface area contributed by atoms with E-state index in [9.17, 15) is 9.59 Å². The molecule has 0 bridgehead atoms. The predicted molar refractivity (Wildman–Crippen MR) is 87.9 cm³/mol. The van der Waals surface area contributed by atoms with Gasteiger partial charge in [0.05, 0.1) is 0 Å². The van der Waals surface area contributed by atoms with Crippen LogP contribution >= 0.6 is 0 Å². The van der Waals surface area contributed by atoms with Crippen molar-refractivity contribution in [3.05, 3.63) is 32.4 Å². The number of hydrogen-bond acceptors (Lipinski definition) is 5. The first-order chi connectivity index (χ1) is 11.7. The maximum absolute atomic E-state index is 12.4. The van der Waals surface area contributed by atoms with Crippen molar-refractivity contribution in [3.63, 3.8) is 0 Å². The summed E-state index contributed by atoms with van der Waals surface area (Å²) in [5.41, 5.74) is -0.116. The monoisotopic (exact) mass is 326 g/mol. The van der Waals surface area contributed by atoms with Crippen LogP contribution in [-0.2, 0) is 6.42 Å². The molecule has 0 aromatic carbocycles. The fourth-order valence-electron chi connectivity index (χ4n) is 2.68. The molecule has 124 valence electrons. The molecular weight excluding hydrogens is 308 g/mol. The van der Waals surface area contributed by atoms with Crippen molar-refractivity contribution in [3.8, 4) is 17.9 Å². The minimum Gasteiger partial charge on any atom is -0.451 e. The first-order valence-electron chi connectivity index (χ1n) is 8.37. The van der Waals surface area contributed by atoms with Crippen LogP contribution in [0.1, 0.15) is 37.7 Å². The predicted octanol–water partition coefficient (Wildman–Crippen LogP) is 2.01. The number of ether oxygens (including phenoxy) is 1. The Morgan fingerprint density at radius 3 is 2.88 bits per heavy atom. The van der Waals surface area contributed by atoms with Crippen molar-refractivity contribution in [2.45, 2.75) is 38.5 Å². The third kappa shape index (κ3) is 3.51. The molecule has 2 aromatic rings. The summed E-state index contributed by atoms with van der Waals surface area (Å²) in [6.45, 7) is 0.149. The van der Waals surface area contributed by atoms with Gasteiger partial charge in [-0.1, -0.05) is 24.7 Å². The van der Waals surface area contributed by atoms with Gasteiger partial charge in [0.25, 0.3) is 5.56 Å². The lowest BCUT2D eigenvalue weighted by atomic mass is 10.1. The average Bonchev–Trinajstić information content (AvgIpc) is 3.44. The topological polar surface area (TPSA) is 85.2 Å². The summed E-state index contributed by atoms with van der Waals surface area (Å²) in [6.07, 6.45) is 6.42. The van der Waals surface area contributed by atoms with E-state index in [4.69, 9.17) is 9.15 Å². The van der Waals surface area contributed by atoms with Crippen LogP contribution in [0.3, 0.4) is 0 Å². The summed E-state index contributed by atoms with van der Waals surface area (Å²) in [6, 6.07) is 1.42. The maximum Gasteiger partial charge on any atom is 0.337 e. The Labute approximate surface area is 138 Å². The zero-order valence-electron chi connectivity index (χ0n) is 13.3. The third-order valence-corrected chi connectivity index (χ3v) is 4.36. The molecular formula is C18H18N2O4. The highest BCUT2D eigenvalue weighted by Crippen LogP contribution is 2.33. The summed E-state index contributed by atoms with van der Waals surface area (Å²) in [5, 5.41) is 0.340. The largest absolute Gasteiger partial charge is 0.451 e. The van der Waals surface area contributed by atoms with E-state index in [0.717, 1.165) is 19.3 Å². The number of nitrogens with one attached hydrogen (secondary N) is 1. The molecule has 0 amide bonds. The molecule has 6 nitrogen and oxygen atoms in total. The van der Waals surface area contributed by atoms with Gasteiger partial charge in [-0.2, -0.15) is 4.98 Å². The zero-order chi connectivity index (χ0) is 16.5. The molecule has 0 saturated heterocycles. The van der Waals surface area contributed by atoms with Crippen LogP contribution in [0.5, 0.6) is 6.01 Å². The van der Waals surface area contributed by atoms with Crippen LogP contribution in [0.15, 0.2) is 20.1 Å². The molecule has 0 spiro atoms. The summed E-state index contributed by atoms with van der Waals surface area (Å²) in [5.74, 6) is 7.17. The van der Waals surface area contributed by atoms with Crippen LogP contribution < -0.4 is 15.9 Å². The number of nitrogens with zero attached hydrogens (tertiary/aromatic N) is 1. The van der Waals surface area contributed by atoms with Crippen molar-refractivity contribution in [1.29, 1.82) is 0 Å². The normalized spacial score (nSPS) is 16.7. The quantitative estimate of drug-likeness (QED) is 0.850. The van der Waals surface area contributed by atoms with Gasteiger partial charge in [-0.05, 0) is 37.2 Å². The van der Waals surface area contributed by atoms with Crippen molar-refractivity contribution in [1.82, 2.24) is 9.97 Å². The van der Waals surface area contributed by atoms with Crippen LogP contribution in [0.25, 0.3) is 11.1 Å². The van der Waals surface area contributed by atoms with E-state index in [0.29, 0.717) is 29.2 Å². The van der Waals surface area contributed by atoms with E-state index in [1.54, 1.807) is 0 Å². The Morgan fingerprint density at radius 1 is 1.29 bits per heavy atom. The van der Waals surface area contributed by atoms with Gasteiger partial charge < -0.3 is 9.15 Å². The number of aromatic amines is 1. The first-order valence-corrected chi connectivity index (χ1v) is 8.37. The SMILES string of the molecule is O=c1cc(CCC2CC2)c2c(=O)[nH]c(OCC#CC3CC3)nc2o1. The second-order valence-corrected chi connectivity index (χ2v) is 6.51. The van der Waals surface area contributed by atoms with E-state index < -0.39 is 5.63 Å². The van der Waals surface area contributed by atoms with Crippen LogP contribution in [0.2, 0.25) is 0 Å². The molecule has 1 N–H and O–H groups in total. The molecule has 4 rings (SSSR count). The summed E-state index contributed by atoms with van der Waals surface area (Å²) < 4.78 is 10.5. The Balaban J connectivity index is 1.60. The van der Waals surface area contributed by atoms with E-state index in [-0.39, 0.29) is 23.9 Å². The lowest BCUT2D eigenvalue weighted by Crippen LogP contribution is -2.15. The smallest absolute Gasteiger partial charge is 0.337 e. The number of hydrogen-bond donors (Lipinski definition) is 1. The maximum atomic E-state index is 12.4. The molecule has 2 fully saturated rings. The fraction of sp³-hybridized carbons (Fsp3) is 0.500. The second-order valence-electron chi connectivity index (χ2n) is 6.51. The van der Waals surface area contributed by atoms with Crippen LogP contribution in [0.4, 0.5) is 0 Å². The van der Waals surface area contributed by atoms with Crippen molar-refractivity contribution in [2.75, 3.05) is 6.61 Å². The highest BCUT2D eigenvalue weighted by atomic mass is 16.5. The molecule has 24 heavy (non-hydrogen) atoms. The van der Waals surface area contributed by atoms with Gasteiger partial charge in [-0.25, -0.2) is 4.79 Å². The lowest BCUT2D eigenvalue weighted by Gasteiger charge is -2.05. The molecule has 6 heteroatoms. The lowest BCUT2D eigenvalue weighted by molar-refractivity contribution is 0.337. The highest BCUT2D eigenvalue weighted by Gasteiger charge is 2.22. The molecule has 0 aliphatic heterocycles. The fourth-order valence-corrected chi connectivity index (χ4v) is 2.68. The molecule has 0 unspecified atom stereocenters. The van der Waals surface area contributed by atoms with Crippen molar-refractivity contribution < 1.29 is 9.15 Å². The van der Waals surface area contributed by atoms with E-state index >= 15 is 0 Å². The van der Waals surface area contributed by atoms with Crippen molar-refractivity contribution >= 4 is 11.1 Å². The average molecular weight is 326 g/mol. The standard InChI is InChI=1S/C18H18N2O4/c21-14-10-13(8-7-12-5-6-12)15-16(22)19-18(20-17(15)24-14)23-9-1-2-11-3-4-11/h10-12H,3-9H2,(H,19,20,22). The molecule has 2 aliphatic carbocycles. The number of H-pyrrole nitrogens is 1. The molecule has 0 radical (unpaired) electrons. The minimum absolute atomic E-state index is 0.0279. The number of aromatic nitrogens is 2. The summed E-state index contributed by atoms with van der Waals surface area (Å²) >= 11 is 0. The van der Waals surface area contributed by atoms with E-state index in [2.05, 4.69) is 21.8 Å². The van der Waals surface area contributed by atoms with Gasteiger partial charge in [0.15, 0.2) is 6.61 Å². The molecule has 2 saturated carbocycles. The third-order valence-electron chi connectivity index (χ3n) is 4.36. The van der Waals surface area contributed by atoms with E-state index in [1.807, 2.05) is 0 Å². The van der Waals surface area contributed by atoms with Crippen LogP contribution in [0, 0.1) is 23.7 Å². The van der Waals surface area contributed by atoms with E-state index in [1.165, 1.54) is 18.9 Å². The second kappa shape index (κ2) is 6.16. The minimum atomic E-state index is -0.495. The van der Waals surface area contributed by atoms with Gasteiger partial charge in [-0.15, -0.1) is 0 Å². The molecule has 2 heterocycles. The molecule has 2 aliphatic rings. The van der Waals surface area contributed by atoms with Gasteiger partial charge in [0.2, 0.25) is 5.71 Å². The number of fused-ring (bicyclic) bond motifs is 1. The van der Waals surface area contributed by atoms with Gasteiger partial charge >= 0.3 is 11.6 Å². The number of aryl methyl sites for hydroxylation is 1. The molecule has 2 aromatic heterocycles.